The highest BCUT2D eigenvalue weighted by Gasteiger charge is 2.29. The lowest BCUT2D eigenvalue weighted by Crippen LogP contribution is -2.58. The number of nitrogens with two attached hydrogens (primary N) is 2. The van der Waals surface area contributed by atoms with Crippen molar-refractivity contribution >= 4 is 42.2 Å². The van der Waals surface area contributed by atoms with Crippen LogP contribution in [-0.2, 0) is 30.4 Å². The van der Waals surface area contributed by atoms with Crippen LogP contribution in [0.2, 0.25) is 0 Å². The van der Waals surface area contributed by atoms with Crippen molar-refractivity contribution in [2.75, 3.05) is 12.4 Å². The minimum atomic E-state index is -1.58. The first-order valence-corrected chi connectivity index (χ1v) is 10.1. The number of nitrogens with zero attached hydrogens (tertiary/aromatic N) is 1. The summed E-state index contributed by atoms with van der Waals surface area (Å²) in [5.41, 5.74) is 11.6. The number of hydrogen-bond acceptors (Lipinski definition) is 9. The summed E-state index contributed by atoms with van der Waals surface area (Å²) in [5, 5.41) is 24.7. The number of carbonyl (C=O) groups is 5. The Bertz CT molecular complexity index is 805. The molecule has 0 spiro atoms. The Kier molecular flexibility index (Phi) is 11.2. The second-order valence-electron chi connectivity index (χ2n) is 6.78. The molecule has 4 amide bonds. The number of nitrogens with one attached hydrogen (secondary N) is 4. The van der Waals surface area contributed by atoms with E-state index in [0.29, 0.717) is 5.69 Å². The molecule has 4 atom stereocenters. The summed E-state index contributed by atoms with van der Waals surface area (Å²) in [6.45, 7) is -0.861. The largest absolute Gasteiger partial charge is 0.480 e. The molecule has 0 bridgehead atoms. The minimum absolute atomic E-state index is 0.107. The van der Waals surface area contributed by atoms with Crippen molar-refractivity contribution in [1.82, 2.24) is 25.9 Å². The predicted molar refractivity (Wildman–Crippen MR) is 113 cm³/mol. The van der Waals surface area contributed by atoms with Gasteiger partial charge in [-0.15, -0.1) is 0 Å². The zero-order valence-corrected chi connectivity index (χ0v) is 17.9. The smallest absolute Gasteiger partial charge is 0.328 e. The normalized spacial score (nSPS) is 14.5. The zero-order valence-electron chi connectivity index (χ0n) is 17.0. The fraction of sp³-hybridized carbons (Fsp3) is 0.529. The van der Waals surface area contributed by atoms with Crippen LogP contribution in [0.5, 0.6) is 0 Å². The molecule has 10 N–H and O–H groups in total. The molecular weight excluding hydrogens is 446 g/mol. The van der Waals surface area contributed by atoms with E-state index in [2.05, 4.69) is 38.5 Å². The molecule has 15 heteroatoms. The number of H-pyrrole nitrogens is 1. The number of hydrogen-bond donors (Lipinski definition) is 9. The lowest BCUT2D eigenvalue weighted by molar-refractivity contribution is -0.143. The van der Waals surface area contributed by atoms with Crippen molar-refractivity contribution < 1.29 is 34.2 Å². The highest BCUT2D eigenvalue weighted by molar-refractivity contribution is 7.80. The van der Waals surface area contributed by atoms with Crippen molar-refractivity contribution in [1.29, 1.82) is 0 Å². The van der Waals surface area contributed by atoms with E-state index in [-0.39, 0.29) is 25.0 Å². The maximum Gasteiger partial charge on any atom is 0.328 e. The van der Waals surface area contributed by atoms with Crippen LogP contribution in [0.4, 0.5) is 0 Å². The van der Waals surface area contributed by atoms with Gasteiger partial charge in [0.15, 0.2) is 0 Å². The zero-order chi connectivity index (χ0) is 24.3. The maximum absolute atomic E-state index is 12.7. The van der Waals surface area contributed by atoms with Gasteiger partial charge in [-0.05, 0) is 6.42 Å². The number of imidazole rings is 1. The summed E-state index contributed by atoms with van der Waals surface area (Å²) in [5.74, 6) is -4.84. The fourth-order valence-electron chi connectivity index (χ4n) is 2.48. The van der Waals surface area contributed by atoms with Crippen molar-refractivity contribution in [3.05, 3.63) is 18.2 Å². The molecule has 1 heterocycles. The van der Waals surface area contributed by atoms with Crippen LogP contribution in [-0.4, -0.2) is 86.3 Å². The van der Waals surface area contributed by atoms with E-state index in [0.717, 1.165) is 0 Å². The van der Waals surface area contributed by atoms with E-state index < -0.39 is 60.4 Å². The number of carboxylic acid groups (broad SMARTS) is 1. The molecule has 1 aromatic rings. The van der Waals surface area contributed by atoms with Gasteiger partial charge in [-0.25, -0.2) is 9.78 Å². The van der Waals surface area contributed by atoms with Crippen LogP contribution in [0.15, 0.2) is 12.5 Å². The van der Waals surface area contributed by atoms with E-state index in [1.54, 1.807) is 0 Å². The van der Waals surface area contributed by atoms with Crippen molar-refractivity contribution in [3.8, 4) is 0 Å². The summed E-state index contributed by atoms with van der Waals surface area (Å²) < 4.78 is 0. The third-order valence-electron chi connectivity index (χ3n) is 4.26. The van der Waals surface area contributed by atoms with Crippen molar-refractivity contribution in [2.45, 2.75) is 43.4 Å². The van der Waals surface area contributed by atoms with E-state index in [9.17, 15) is 24.0 Å². The molecule has 0 radical (unpaired) electrons. The molecular formula is C17H27N7O7S. The number of primary amides is 1. The van der Waals surface area contributed by atoms with Gasteiger partial charge in [0.25, 0.3) is 0 Å². The molecule has 0 saturated heterocycles. The first-order valence-electron chi connectivity index (χ1n) is 9.45. The number of amides is 4. The number of carboxylic acids is 1. The van der Waals surface area contributed by atoms with Gasteiger partial charge < -0.3 is 42.6 Å². The van der Waals surface area contributed by atoms with Crippen molar-refractivity contribution in [2.24, 2.45) is 11.5 Å². The number of carbonyl (C=O) groups excluding carboxylic acids is 4. The number of thiol groups is 1. The van der Waals surface area contributed by atoms with E-state index in [1.165, 1.54) is 12.5 Å². The van der Waals surface area contributed by atoms with Crippen LogP contribution in [0.3, 0.4) is 0 Å². The number of aliphatic hydroxyl groups is 1. The molecule has 0 saturated carbocycles. The second kappa shape index (κ2) is 13.3. The number of rotatable bonds is 14. The Balaban J connectivity index is 2.83. The average molecular weight is 474 g/mol. The maximum atomic E-state index is 12.7. The van der Waals surface area contributed by atoms with Crippen LogP contribution in [0.25, 0.3) is 0 Å². The van der Waals surface area contributed by atoms with Crippen LogP contribution in [0, 0.1) is 0 Å². The van der Waals surface area contributed by atoms with E-state index in [4.69, 9.17) is 21.7 Å². The molecule has 1 rings (SSSR count). The topological polar surface area (TPSA) is 243 Å². The SMILES string of the molecule is NC(=O)CCC(NC(=O)C(N)Cc1cnc[nH]1)C(=O)NC(CS)C(=O)NC(CO)C(=O)O. The first-order chi connectivity index (χ1) is 15.1. The summed E-state index contributed by atoms with van der Waals surface area (Å²) in [4.78, 5) is 66.1. The number of aliphatic hydroxyl groups excluding tert-OH is 1. The van der Waals surface area contributed by atoms with Gasteiger partial charge in [-0.1, -0.05) is 0 Å². The summed E-state index contributed by atoms with van der Waals surface area (Å²) in [7, 11) is 0. The summed E-state index contributed by atoms with van der Waals surface area (Å²) in [6, 6.07) is -5.16. The number of aromatic nitrogens is 2. The Hall–Kier alpha value is -3.17. The predicted octanol–water partition coefficient (Wildman–Crippen LogP) is -3.99. The van der Waals surface area contributed by atoms with Crippen LogP contribution < -0.4 is 27.4 Å². The molecule has 4 unspecified atom stereocenters. The molecule has 0 aliphatic rings. The molecule has 0 aliphatic heterocycles. The minimum Gasteiger partial charge on any atom is -0.480 e. The average Bonchev–Trinajstić information content (AvgIpc) is 3.25. The molecule has 0 aromatic carbocycles. The number of aromatic amines is 1. The van der Waals surface area contributed by atoms with Gasteiger partial charge in [0.2, 0.25) is 23.6 Å². The highest BCUT2D eigenvalue weighted by atomic mass is 32.1. The summed E-state index contributed by atoms with van der Waals surface area (Å²) in [6.07, 6.45) is 2.60. The molecule has 32 heavy (non-hydrogen) atoms. The third kappa shape index (κ3) is 8.91. The molecule has 1 aromatic heterocycles. The first kappa shape index (κ1) is 26.9. The molecule has 0 fully saturated rings. The van der Waals surface area contributed by atoms with Gasteiger partial charge in [-0.2, -0.15) is 12.6 Å². The van der Waals surface area contributed by atoms with Crippen LogP contribution in [0.1, 0.15) is 18.5 Å². The van der Waals surface area contributed by atoms with E-state index in [1.807, 2.05) is 0 Å². The molecule has 14 nitrogen and oxygen atoms in total. The van der Waals surface area contributed by atoms with Gasteiger partial charge >= 0.3 is 5.97 Å². The lowest BCUT2D eigenvalue weighted by atomic mass is 10.1. The Morgan fingerprint density at radius 3 is 2.16 bits per heavy atom. The third-order valence-corrected chi connectivity index (χ3v) is 4.62. The Morgan fingerprint density at radius 2 is 1.66 bits per heavy atom. The monoisotopic (exact) mass is 473 g/mol. The number of aliphatic carboxylic acids is 1. The molecule has 178 valence electrons. The highest BCUT2D eigenvalue weighted by Crippen LogP contribution is 2.03. The second-order valence-corrected chi connectivity index (χ2v) is 7.14. The molecule has 0 aliphatic carbocycles. The van der Waals surface area contributed by atoms with Gasteiger partial charge in [0, 0.05) is 30.5 Å². The van der Waals surface area contributed by atoms with Crippen molar-refractivity contribution in [3.63, 3.8) is 0 Å². The van der Waals surface area contributed by atoms with Gasteiger partial charge in [0.1, 0.15) is 18.1 Å². The Labute approximate surface area is 188 Å². The van der Waals surface area contributed by atoms with Gasteiger partial charge in [0.05, 0.1) is 19.0 Å². The summed E-state index contributed by atoms with van der Waals surface area (Å²) >= 11 is 3.96. The standard InChI is InChI=1S/C17H27N7O7S/c18-9(3-8-4-20-7-21-8)14(27)22-10(1-2-13(19)26)15(28)24-12(6-32)16(29)23-11(5-25)17(30)31/h4,7,9-12,25,32H,1-3,5-6,18H2,(H2,19,26)(H,20,21)(H,22,27)(H,23,29)(H,24,28)(H,30,31). The quantitative estimate of drug-likeness (QED) is 0.119. The van der Waals surface area contributed by atoms with E-state index >= 15 is 0 Å². The fourth-order valence-corrected chi connectivity index (χ4v) is 2.74. The van der Waals surface area contributed by atoms with Gasteiger partial charge in [-0.3, -0.25) is 19.2 Å². The lowest BCUT2D eigenvalue weighted by Gasteiger charge is -2.24. The van der Waals surface area contributed by atoms with Crippen LogP contribution >= 0.6 is 12.6 Å². The Morgan fingerprint density at radius 1 is 1.06 bits per heavy atom.